The van der Waals surface area contributed by atoms with Gasteiger partial charge in [0, 0.05) is 31.1 Å². The maximum Gasteiger partial charge on any atom is 0.433 e. The lowest BCUT2D eigenvalue weighted by atomic mass is 9.99. The number of amides is 1. The summed E-state index contributed by atoms with van der Waals surface area (Å²) in [5, 5.41) is 11.9. The standard InChI is InChI=1S/C21H14F3N9O2/c22-21(23,24)14-4-1-3-11-9-13(31-33(11)14)16-15-12(27-10-28-15)5-8-32(16)20(34)19-30-29-18(35-19)17-25-6-2-7-26-17/h1-4,6-7,9-10,16H,5,8H2,(H,27,28). The molecule has 1 aliphatic rings. The van der Waals surface area contributed by atoms with Crippen LogP contribution < -0.4 is 0 Å². The van der Waals surface area contributed by atoms with Crippen LogP contribution in [0.25, 0.3) is 17.2 Å². The van der Waals surface area contributed by atoms with E-state index < -0.39 is 23.8 Å². The van der Waals surface area contributed by atoms with Crippen molar-refractivity contribution in [1.29, 1.82) is 0 Å². The number of nitrogens with zero attached hydrogens (tertiary/aromatic N) is 8. The van der Waals surface area contributed by atoms with E-state index in [0.717, 1.165) is 16.3 Å². The molecule has 11 nitrogen and oxygen atoms in total. The lowest BCUT2D eigenvalue weighted by molar-refractivity contribution is -0.142. The number of fused-ring (bicyclic) bond motifs is 2. The van der Waals surface area contributed by atoms with Gasteiger partial charge in [-0.05, 0) is 24.3 Å². The molecule has 0 bridgehead atoms. The van der Waals surface area contributed by atoms with Gasteiger partial charge in [0.1, 0.15) is 11.7 Å². The second-order valence-corrected chi connectivity index (χ2v) is 7.72. The molecule has 1 amide bonds. The van der Waals surface area contributed by atoms with Crippen molar-refractivity contribution in [2.75, 3.05) is 6.54 Å². The zero-order valence-corrected chi connectivity index (χ0v) is 17.6. The second-order valence-electron chi connectivity index (χ2n) is 7.72. The van der Waals surface area contributed by atoms with E-state index in [9.17, 15) is 18.0 Å². The van der Waals surface area contributed by atoms with Gasteiger partial charge >= 0.3 is 18.0 Å². The Kier molecular flexibility index (Phi) is 4.62. The lowest BCUT2D eigenvalue weighted by Crippen LogP contribution is -2.41. The summed E-state index contributed by atoms with van der Waals surface area (Å²) in [6.07, 6.45) is 0.294. The molecule has 0 aromatic carbocycles. The zero-order chi connectivity index (χ0) is 24.2. The van der Waals surface area contributed by atoms with Crippen LogP contribution in [0.2, 0.25) is 0 Å². The fourth-order valence-corrected chi connectivity index (χ4v) is 4.11. The molecule has 6 rings (SSSR count). The van der Waals surface area contributed by atoms with Crippen LogP contribution in [-0.2, 0) is 12.6 Å². The summed E-state index contributed by atoms with van der Waals surface area (Å²) in [4.78, 5) is 30.2. The Morgan fingerprint density at radius 1 is 1.11 bits per heavy atom. The largest absolute Gasteiger partial charge is 0.433 e. The maximum atomic E-state index is 13.5. The molecule has 0 aliphatic carbocycles. The third kappa shape index (κ3) is 3.50. The Balaban J connectivity index is 1.42. The Labute approximate surface area is 193 Å². The average molecular weight is 481 g/mol. The molecule has 0 saturated carbocycles. The average Bonchev–Trinajstić information content (AvgIpc) is 3.61. The molecule has 6 heterocycles. The number of H-pyrrole nitrogens is 1. The number of rotatable bonds is 3. The van der Waals surface area contributed by atoms with Gasteiger partial charge in [0.15, 0.2) is 0 Å². The smallest absolute Gasteiger partial charge is 0.409 e. The molecule has 0 radical (unpaired) electrons. The molecule has 0 spiro atoms. The van der Waals surface area contributed by atoms with Crippen LogP contribution in [0.5, 0.6) is 0 Å². The van der Waals surface area contributed by atoms with E-state index in [-0.39, 0.29) is 35.4 Å². The van der Waals surface area contributed by atoms with Crippen LogP contribution in [0, 0.1) is 0 Å². The SMILES string of the molecule is O=C(c1nnc(-c2ncccn2)o1)N1CCc2[nH]cnc2C1c1cc2cccc(C(F)(F)F)n2n1. The topological polar surface area (TPSA) is 131 Å². The van der Waals surface area contributed by atoms with Gasteiger partial charge < -0.3 is 14.3 Å². The number of carbonyl (C=O) groups is 1. The molecule has 5 aromatic heterocycles. The summed E-state index contributed by atoms with van der Waals surface area (Å²) in [7, 11) is 0. The van der Waals surface area contributed by atoms with Gasteiger partial charge in [0.05, 0.1) is 23.2 Å². The third-order valence-corrected chi connectivity index (χ3v) is 5.63. The van der Waals surface area contributed by atoms with E-state index in [4.69, 9.17) is 4.42 Å². The Morgan fingerprint density at radius 2 is 1.94 bits per heavy atom. The molecule has 1 unspecified atom stereocenters. The van der Waals surface area contributed by atoms with E-state index in [1.54, 1.807) is 6.07 Å². The Morgan fingerprint density at radius 3 is 2.74 bits per heavy atom. The van der Waals surface area contributed by atoms with E-state index in [2.05, 4.69) is 35.2 Å². The fraction of sp³-hybridized carbons (Fsp3) is 0.190. The molecular formula is C21H14F3N9O2. The van der Waals surface area contributed by atoms with Gasteiger partial charge in [-0.15, -0.1) is 10.2 Å². The number of hydrogen-bond acceptors (Lipinski definition) is 8. The molecule has 5 aromatic rings. The predicted molar refractivity (Wildman–Crippen MR) is 111 cm³/mol. The van der Waals surface area contributed by atoms with Crippen molar-refractivity contribution < 1.29 is 22.4 Å². The van der Waals surface area contributed by atoms with Gasteiger partial charge in [-0.3, -0.25) is 4.79 Å². The van der Waals surface area contributed by atoms with Crippen molar-refractivity contribution >= 4 is 11.4 Å². The summed E-state index contributed by atoms with van der Waals surface area (Å²) >= 11 is 0. The second kappa shape index (κ2) is 7.72. The normalized spacial score (nSPS) is 16.0. The van der Waals surface area contributed by atoms with E-state index in [0.29, 0.717) is 12.1 Å². The van der Waals surface area contributed by atoms with Gasteiger partial charge in [0.2, 0.25) is 5.82 Å². The van der Waals surface area contributed by atoms with Crippen molar-refractivity contribution in [1.82, 2.24) is 44.6 Å². The summed E-state index contributed by atoms with van der Waals surface area (Å²) in [6, 6.07) is 6.00. The minimum absolute atomic E-state index is 0.0366. The van der Waals surface area contributed by atoms with Crippen molar-refractivity contribution in [2.45, 2.75) is 18.6 Å². The minimum atomic E-state index is -4.61. The first kappa shape index (κ1) is 20.9. The summed E-state index contributed by atoms with van der Waals surface area (Å²) < 4.78 is 47.0. The number of carbonyl (C=O) groups excluding carboxylic acids is 1. The molecule has 14 heteroatoms. The van der Waals surface area contributed by atoms with Crippen molar-refractivity contribution in [3.8, 4) is 11.7 Å². The highest BCUT2D eigenvalue weighted by molar-refractivity contribution is 5.90. The zero-order valence-electron chi connectivity index (χ0n) is 17.6. The quantitative estimate of drug-likeness (QED) is 0.416. The van der Waals surface area contributed by atoms with Crippen molar-refractivity contribution in [3.63, 3.8) is 0 Å². The number of alkyl halides is 3. The van der Waals surface area contributed by atoms with Crippen LogP contribution in [0.15, 0.2) is 53.5 Å². The first-order valence-electron chi connectivity index (χ1n) is 10.4. The summed E-state index contributed by atoms with van der Waals surface area (Å²) in [6.45, 7) is 0.220. The number of aromatic amines is 1. The first-order chi connectivity index (χ1) is 16.9. The van der Waals surface area contributed by atoms with Crippen LogP contribution >= 0.6 is 0 Å². The number of aromatic nitrogens is 8. The molecule has 176 valence electrons. The highest BCUT2D eigenvalue weighted by Crippen LogP contribution is 2.36. The minimum Gasteiger partial charge on any atom is -0.409 e. The van der Waals surface area contributed by atoms with Crippen LogP contribution in [0.4, 0.5) is 13.2 Å². The molecular weight excluding hydrogens is 467 g/mol. The Hall–Kier alpha value is -4.62. The van der Waals surface area contributed by atoms with Crippen LogP contribution in [0.1, 0.15) is 39.5 Å². The van der Waals surface area contributed by atoms with E-state index in [1.807, 2.05) is 0 Å². The summed E-state index contributed by atoms with van der Waals surface area (Å²) in [5.74, 6) is -0.808. The van der Waals surface area contributed by atoms with Gasteiger partial charge in [-0.1, -0.05) is 6.07 Å². The van der Waals surface area contributed by atoms with E-state index in [1.165, 1.54) is 41.8 Å². The fourth-order valence-electron chi connectivity index (χ4n) is 4.11. The van der Waals surface area contributed by atoms with Crippen molar-refractivity contribution in [2.24, 2.45) is 0 Å². The molecule has 1 atom stereocenters. The van der Waals surface area contributed by atoms with Gasteiger partial charge in [-0.25, -0.2) is 19.5 Å². The van der Waals surface area contributed by atoms with E-state index >= 15 is 0 Å². The van der Waals surface area contributed by atoms with Gasteiger partial charge in [0.25, 0.3) is 5.89 Å². The molecule has 1 aliphatic heterocycles. The summed E-state index contributed by atoms with van der Waals surface area (Å²) in [5.41, 5.74) is 0.755. The predicted octanol–water partition coefficient (Wildman–Crippen LogP) is 2.70. The lowest BCUT2D eigenvalue weighted by Gasteiger charge is -2.32. The number of imidazole rings is 1. The van der Waals surface area contributed by atoms with Crippen LogP contribution in [0.3, 0.4) is 0 Å². The van der Waals surface area contributed by atoms with Gasteiger partial charge in [-0.2, -0.15) is 18.3 Å². The Bertz CT molecular complexity index is 1540. The number of hydrogen-bond donors (Lipinski definition) is 1. The highest BCUT2D eigenvalue weighted by atomic mass is 19.4. The monoisotopic (exact) mass is 481 g/mol. The van der Waals surface area contributed by atoms with Crippen molar-refractivity contribution in [3.05, 3.63) is 77.7 Å². The number of nitrogens with one attached hydrogen (secondary N) is 1. The number of pyridine rings is 1. The highest BCUT2D eigenvalue weighted by Gasteiger charge is 2.39. The maximum absolute atomic E-state index is 13.5. The third-order valence-electron chi connectivity index (χ3n) is 5.63. The molecule has 35 heavy (non-hydrogen) atoms. The van der Waals surface area contributed by atoms with Crippen LogP contribution in [-0.4, -0.2) is 57.1 Å². The molecule has 0 saturated heterocycles. The molecule has 0 fully saturated rings. The number of halogens is 3. The molecule has 1 N–H and O–H groups in total. The first-order valence-corrected chi connectivity index (χ1v) is 10.4.